The lowest BCUT2D eigenvalue weighted by atomic mass is 10.1. The van der Waals surface area contributed by atoms with E-state index in [1.165, 1.54) is 16.9 Å². The summed E-state index contributed by atoms with van der Waals surface area (Å²) < 4.78 is 1.17. The van der Waals surface area contributed by atoms with Crippen LogP contribution in [0.3, 0.4) is 0 Å². The van der Waals surface area contributed by atoms with Crippen LogP contribution in [0, 0.1) is 10.1 Å². The zero-order chi connectivity index (χ0) is 13.1. The molecule has 2 N–H and O–H groups in total. The summed E-state index contributed by atoms with van der Waals surface area (Å²) in [5.74, 6) is -0.679. The molecule has 1 heterocycles. The molecular formula is C9H14N4O4. The minimum atomic E-state index is -0.726. The quantitative estimate of drug-likeness (QED) is 0.543. The molecule has 0 aromatic carbocycles. The fraction of sp³-hybridized carbons (Fsp3) is 0.556. The van der Waals surface area contributed by atoms with Crippen LogP contribution in [0.1, 0.15) is 13.8 Å². The van der Waals surface area contributed by atoms with Crippen molar-refractivity contribution >= 4 is 11.7 Å². The molecule has 0 bridgehead atoms. The van der Waals surface area contributed by atoms with E-state index in [1.807, 2.05) is 0 Å². The van der Waals surface area contributed by atoms with Crippen LogP contribution in [0.5, 0.6) is 0 Å². The van der Waals surface area contributed by atoms with E-state index in [4.69, 9.17) is 5.11 Å². The van der Waals surface area contributed by atoms with Gasteiger partial charge in [-0.3, -0.25) is 4.79 Å². The molecule has 0 saturated heterocycles. The fourth-order valence-electron chi connectivity index (χ4n) is 1.14. The molecule has 8 nitrogen and oxygen atoms in total. The third-order valence-corrected chi connectivity index (χ3v) is 1.99. The topological polar surface area (TPSA) is 110 Å². The molecule has 0 aliphatic rings. The van der Waals surface area contributed by atoms with E-state index in [2.05, 4.69) is 10.4 Å². The number of hydrogen-bond acceptors (Lipinski definition) is 5. The van der Waals surface area contributed by atoms with Gasteiger partial charge in [0.15, 0.2) is 0 Å². The number of aliphatic hydroxyl groups is 1. The predicted octanol–water partition coefficient (Wildman–Crippen LogP) is -0.322. The molecule has 8 heteroatoms. The Hall–Kier alpha value is -1.96. The summed E-state index contributed by atoms with van der Waals surface area (Å²) in [5, 5.41) is 25.5. The summed E-state index contributed by atoms with van der Waals surface area (Å²) in [4.78, 5) is 21.3. The first kappa shape index (κ1) is 13.1. The average Bonchev–Trinajstić information content (AvgIpc) is 2.65. The summed E-state index contributed by atoms with van der Waals surface area (Å²) in [6.45, 7) is 3.00. The normalized spacial score (nSPS) is 11.2. The highest BCUT2D eigenvalue weighted by Crippen LogP contribution is 2.05. The van der Waals surface area contributed by atoms with E-state index in [0.717, 1.165) is 0 Å². The van der Waals surface area contributed by atoms with Crippen molar-refractivity contribution in [1.82, 2.24) is 15.1 Å². The van der Waals surface area contributed by atoms with E-state index < -0.39 is 10.5 Å². The molecule has 0 aliphatic carbocycles. The minimum Gasteiger partial charge on any atom is -0.394 e. The van der Waals surface area contributed by atoms with Gasteiger partial charge in [0.25, 0.3) is 0 Å². The second-order valence-electron chi connectivity index (χ2n) is 4.22. The van der Waals surface area contributed by atoms with Crippen molar-refractivity contribution in [3.05, 3.63) is 22.4 Å². The molecule has 1 aromatic heterocycles. The van der Waals surface area contributed by atoms with Gasteiger partial charge in [-0.15, -0.1) is 0 Å². The number of nitro groups is 1. The van der Waals surface area contributed by atoms with Crippen LogP contribution in [-0.4, -0.2) is 37.9 Å². The molecule has 0 saturated carbocycles. The van der Waals surface area contributed by atoms with Crippen LogP contribution >= 0.6 is 0 Å². The van der Waals surface area contributed by atoms with Crippen molar-refractivity contribution in [1.29, 1.82) is 0 Å². The molecule has 0 spiro atoms. The van der Waals surface area contributed by atoms with Crippen LogP contribution in [0.2, 0.25) is 0 Å². The highest BCUT2D eigenvalue weighted by Gasteiger charge is 2.20. The second-order valence-corrected chi connectivity index (χ2v) is 4.22. The van der Waals surface area contributed by atoms with Gasteiger partial charge in [0.1, 0.15) is 6.54 Å². The third kappa shape index (κ3) is 3.83. The number of aromatic nitrogens is 2. The Morgan fingerprint density at radius 3 is 2.82 bits per heavy atom. The van der Waals surface area contributed by atoms with Crippen molar-refractivity contribution in [3.8, 4) is 0 Å². The summed E-state index contributed by atoms with van der Waals surface area (Å²) in [6, 6.07) is 1.21. The zero-order valence-corrected chi connectivity index (χ0v) is 9.58. The molecule has 1 amide bonds. The number of rotatable bonds is 5. The van der Waals surface area contributed by atoms with Crippen LogP contribution < -0.4 is 5.32 Å². The van der Waals surface area contributed by atoms with Gasteiger partial charge in [0.2, 0.25) is 5.91 Å². The maximum Gasteiger partial charge on any atom is 0.389 e. The number of carbonyl (C=O) groups excluding carboxylic acids is 1. The highest BCUT2D eigenvalue weighted by atomic mass is 16.6. The van der Waals surface area contributed by atoms with Gasteiger partial charge < -0.3 is 20.5 Å². The van der Waals surface area contributed by atoms with E-state index in [0.29, 0.717) is 0 Å². The number of aliphatic hydroxyl groups excluding tert-OH is 1. The molecule has 0 aliphatic heterocycles. The van der Waals surface area contributed by atoms with E-state index in [-0.39, 0.29) is 24.9 Å². The first-order valence-electron chi connectivity index (χ1n) is 4.94. The van der Waals surface area contributed by atoms with Gasteiger partial charge in [0, 0.05) is 0 Å². The number of hydrogen-bond donors (Lipinski definition) is 2. The van der Waals surface area contributed by atoms with Crippen molar-refractivity contribution < 1.29 is 14.8 Å². The first-order valence-corrected chi connectivity index (χ1v) is 4.94. The average molecular weight is 242 g/mol. The Kier molecular flexibility index (Phi) is 3.79. The van der Waals surface area contributed by atoms with Gasteiger partial charge in [-0.05, 0) is 18.8 Å². The lowest BCUT2D eigenvalue weighted by Gasteiger charge is -2.22. The maximum atomic E-state index is 11.5. The predicted molar refractivity (Wildman–Crippen MR) is 58.2 cm³/mol. The summed E-state index contributed by atoms with van der Waals surface area (Å²) in [5.41, 5.74) is -0.726. The SMILES string of the molecule is CC(C)(CO)NC(=O)Cn1ccc([N+](=O)[O-])n1. The monoisotopic (exact) mass is 242 g/mol. The van der Waals surface area contributed by atoms with E-state index in [1.54, 1.807) is 13.8 Å². The molecule has 94 valence electrons. The Morgan fingerprint density at radius 1 is 1.71 bits per heavy atom. The van der Waals surface area contributed by atoms with Gasteiger partial charge in [-0.2, -0.15) is 4.68 Å². The summed E-state index contributed by atoms with van der Waals surface area (Å²) in [6.07, 6.45) is 1.35. The Bertz CT molecular complexity index is 426. The van der Waals surface area contributed by atoms with Gasteiger partial charge >= 0.3 is 5.82 Å². The van der Waals surface area contributed by atoms with Crippen LogP contribution in [0.4, 0.5) is 5.82 Å². The molecule has 0 atom stereocenters. The van der Waals surface area contributed by atoms with E-state index >= 15 is 0 Å². The van der Waals surface area contributed by atoms with Crippen LogP contribution in [-0.2, 0) is 11.3 Å². The summed E-state index contributed by atoms with van der Waals surface area (Å²) >= 11 is 0. The third-order valence-electron chi connectivity index (χ3n) is 1.99. The van der Waals surface area contributed by atoms with Crippen LogP contribution in [0.25, 0.3) is 0 Å². The lowest BCUT2D eigenvalue weighted by molar-refractivity contribution is -0.389. The molecule has 1 aromatic rings. The second kappa shape index (κ2) is 4.91. The largest absolute Gasteiger partial charge is 0.394 e. The van der Waals surface area contributed by atoms with Crippen molar-refractivity contribution in [2.24, 2.45) is 0 Å². The lowest BCUT2D eigenvalue weighted by Crippen LogP contribution is -2.47. The Balaban J connectivity index is 2.59. The van der Waals surface area contributed by atoms with Gasteiger partial charge in [-0.25, -0.2) is 0 Å². The number of nitrogens with zero attached hydrogens (tertiary/aromatic N) is 3. The minimum absolute atomic E-state index is 0.128. The van der Waals surface area contributed by atoms with Crippen molar-refractivity contribution in [2.45, 2.75) is 25.9 Å². The number of amides is 1. The molecular weight excluding hydrogens is 228 g/mol. The standard InChI is InChI=1S/C9H14N4O4/c1-9(2,6-14)10-8(15)5-12-4-3-7(11-12)13(16)17/h3-4,14H,5-6H2,1-2H3,(H,10,15). The van der Waals surface area contributed by atoms with Gasteiger partial charge in [0.05, 0.1) is 29.5 Å². The van der Waals surface area contributed by atoms with Gasteiger partial charge in [-0.1, -0.05) is 0 Å². The van der Waals surface area contributed by atoms with E-state index in [9.17, 15) is 14.9 Å². The Labute approximate surface area is 97.4 Å². The summed E-state index contributed by atoms with van der Waals surface area (Å²) in [7, 11) is 0. The molecule has 0 fully saturated rings. The molecule has 1 rings (SSSR count). The van der Waals surface area contributed by atoms with Crippen LogP contribution in [0.15, 0.2) is 12.3 Å². The molecule has 0 radical (unpaired) electrons. The zero-order valence-electron chi connectivity index (χ0n) is 9.58. The Morgan fingerprint density at radius 2 is 2.35 bits per heavy atom. The highest BCUT2D eigenvalue weighted by molar-refractivity contribution is 5.76. The smallest absolute Gasteiger partial charge is 0.389 e. The molecule has 17 heavy (non-hydrogen) atoms. The molecule has 0 unspecified atom stereocenters. The fourth-order valence-corrected chi connectivity index (χ4v) is 1.14. The first-order chi connectivity index (χ1) is 7.84. The van der Waals surface area contributed by atoms with Crippen molar-refractivity contribution in [2.75, 3.05) is 6.61 Å². The van der Waals surface area contributed by atoms with Crippen molar-refractivity contribution in [3.63, 3.8) is 0 Å². The number of carbonyl (C=O) groups is 1. The maximum absolute atomic E-state index is 11.5. The number of nitrogens with one attached hydrogen (secondary N) is 1.